The van der Waals surface area contributed by atoms with E-state index in [4.69, 9.17) is 11.6 Å². The van der Waals surface area contributed by atoms with Gasteiger partial charge in [-0.05, 0) is 19.9 Å². The number of rotatable bonds is 3. The van der Waals surface area contributed by atoms with Crippen LogP contribution in [-0.2, 0) is 15.1 Å². The number of ketones is 1. The van der Waals surface area contributed by atoms with E-state index >= 15 is 0 Å². The number of hydrogen-bond donors (Lipinski definition) is 1. The van der Waals surface area contributed by atoms with Crippen molar-refractivity contribution in [3.63, 3.8) is 0 Å². The van der Waals surface area contributed by atoms with Crippen LogP contribution in [0.2, 0.25) is 5.02 Å². The largest absolute Gasteiger partial charge is 0.325 e. The molecular formula is C13H13ClN2O3. The summed E-state index contributed by atoms with van der Waals surface area (Å²) >= 11 is 6.07. The van der Waals surface area contributed by atoms with Crippen molar-refractivity contribution in [1.82, 2.24) is 10.2 Å². The number of benzene rings is 1. The zero-order chi connectivity index (χ0) is 14.2. The summed E-state index contributed by atoms with van der Waals surface area (Å²) in [6.45, 7) is 2.67. The van der Waals surface area contributed by atoms with Gasteiger partial charge >= 0.3 is 6.03 Å². The van der Waals surface area contributed by atoms with Crippen molar-refractivity contribution >= 4 is 29.3 Å². The summed E-state index contributed by atoms with van der Waals surface area (Å²) in [6.07, 6.45) is 0. The van der Waals surface area contributed by atoms with Crippen LogP contribution in [0, 0.1) is 0 Å². The summed E-state index contributed by atoms with van der Waals surface area (Å²) in [5.41, 5.74) is -0.716. The molecule has 3 amide bonds. The van der Waals surface area contributed by atoms with Crippen molar-refractivity contribution in [3.8, 4) is 0 Å². The first-order valence-electron chi connectivity index (χ1n) is 5.75. The van der Waals surface area contributed by atoms with Gasteiger partial charge in [-0.3, -0.25) is 14.5 Å². The van der Waals surface area contributed by atoms with Gasteiger partial charge in [0.15, 0.2) is 0 Å². The van der Waals surface area contributed by atoms with E-state index in [0.29, 0.717) is 10.6 Å². The number of urea groups is 1. The van der Waals surface area contributed by atoms with Gasteiger partial charge in [-0.25, -0.2) is 4.79 Å². The zero-order valence-corrected chi connectivity index (χ0v) is 11.3. The molecule has 0 bridgehead atoms. The highest BCUT2D eigenvalue weighted by Crippen LogP contribution is 2.33. The molecule has 5 nitrogen and oxygen atoms in total. The van der Waals surface area contributed by atoms with Crippen molar-refractivity contribution in [2.45, 2.75) is 19.4 Å². The Morgan fingerprint density at radius 2 is 2.00 bits per heavy atom. The highest BCUT2D eigenvalue weighted by molar-refractivity contribution is 6.32. The van der Waals surface area contributed by atoms with Gasteiger partial charge < -0.3 is 5.32 Å². The van der Waals surface area contributed by atoms with Crippen LogP contribution in [0.25, 0.3) is 0 Å². The molecule has 1 aromatic carbocycles. The SMILES string of the molecule is CC(=O)CN1C(=O)N[C@](C)(c2ccccc2Cl)C1=O. The molecule has 1 aliphatic heterocycles. The highest BCUT2D eigenvalue weighted by Gasteiger charge is 2.49. The van der Waals surface area contributed by atoms with Gasteiger partial charge in [0.2, 0.25) is 0 Å². The van der Waals surface area contributed by atoms with Crippen LogP contribution < -0.4 is 5.32 Å². The first-order chi connectivity index (χ1) is 8.86. The minimum absolute atomic E-state index is 0.231. The predicted molar refractivity (Wildman–Crippen MR) is 69.7 cm³/mol. The number of carbonyl (C=O) groups excluding carboxylic acids is 3. The van der Waals surface area contributed by atoms with Gasteiger partial charge in [-0.15, -0.1) is 0 Å². The van der Waals surface area contributed by atoms with E-state index in [1.54, 1.807) is 31.2 Å². The normalized spacial score (nSPS) is 22.6. The lowest BCUT2D eigenvalue weighted by Crippen LogP contribution is -2.41. The van der Waals surface area contributed by atoms with Crippen LogP contribution in [0.5, 0.6) is 0 Å². The fraction of sp³-hybridized carbons (Fsp3) is 0.308. The van der Waals surface area contributed by atoms with E-state index in [2.05, 4.69) is 5.32 Å². The number of Topliss-reactive ketones (excluding diaryl/α,β-unsaturated/α-hetero) is 1. The molecule has 1 fully saturated rings. The molecule has 0 radical (unpaired) electrons. The standard InChI is InChI=1S/C13H13ClN2O3/c1-8(17)7-16-11(18)13(2,15-12(16)19)9-5-3-4-6-10(9)14/h3-6H,7H2,1-2H3,(H,15,19)/t13-/m1/s1. The van der Waals surface area contributed by atoms with E-state index in [9.17, 15) is 14.4 Å². The van der Waals surface area contributed by atoms with Gasteiger partial charge in [0.05, 0.1) is 6.54 Å². The summed E-state index contributed by atoms with van der Waals surface area (Å²) in [7, 11) is 0. The Labute approximate surface area is 115 Å². The number of nitrogens with zero attached hydrogens (tertiary/aromatic N) is 1. The van der Waals surface area contributed by atoms with Crippen LogP contribution in [0.1, 0.15) is 19.4 Å². The molecule has 19 heavy (non-hydrogen) atoms. The third kappa shape index (κ3) is 2.21. The summed E-state index contributed by atoms with van der Waals surface area (Å²) in [5, 5.41) is 2.99. The maximum Gasteiger partial charge on any atom is 0.325 e. The average molecular weight is 281 g/mol. The molecule has 1 aromatic rings. The molecule has 0 aliphatic carbocycles. The maximum absolute atomic E-state index is 12.4. The summed E-state index contributed by atoms with van der Waals surface area (Å²) in [4.78, 5) is 36.2. The highest BCUT2D eigenvalue weighted by atomic mass is 35.5. The molecule has 1 heterocycles. The Morgan fingerprint density at radius 1 is 1.37 bits per heavy atom. The van der Waals surface area contributed by atoms with Crippen molar-refractivity contribution in [2.24, 2.45) is 0 Å². The summed E-state index contributed by atoms with van der Waals surface area (Å²) < 4.78 is 0. The quantitative estimate of drug-likeness (QED) is 0.857. The molecule has 0 aromatic heterocycles. The lowest BCUT2D eigenvalue weighted by Gasteiger charge is -2.23. The Balaban J connectivity index is 2.41. The number of imide groups is 1. The molecule has 1 atom stereocenters. The van der Waals surface area contributed by atoms with Gasteiger partial charge in [-0.1, -0.05) is 29.8 Å². The third-order valence-electron chi connectivity index (χ3n) is 3.07. The average Bonchev–Trinajstić information content (AvgIpc) is 2.54. The van der Waals surface area contributed by atoms with E-state index in [0.717, 1.165) is 4.90 Å². The smallest absolute Gasteiger partial charge is 0.319 e. The Kier molecular flexibility index (Phi) is 3.32. The van der Waals surface area contributed by atoms with Crippen LogP contribution in [0.15, 0.2) is 24.3 Å². The Hall–Kier alpha value is -1.88. The fourth-order valence-corrected chi connectivity index (χ4v) is 2.44. The van der Waals surface area contributed by atoms with Gasteiger partial charge in [0.1, 0.15) is 11.3 Å². The minimum atomic E-state index is -1.23. The third-order valence-corrected chi connectivity index (χ3v) is 3.40. The van der Waals surface area contributed by atoms with Crippen LogP contribution in [-0.4, -0.2) is 29.2 Å². The van der Waals surface area contributed by atoms with Gasteiger partial charge in [0.25, 0.3) is 5.91 Å². The number of halogens is 1. The molecule has 1 N–H and O–H groups in total. The number of hydrogen-bond acceptors (Lipinski definition) is 3. The van der Waals surface area contributed by atoms with E-state index in [1.165, 1.54) is 6.92 Å². The predicted octanol–water partition coefficient (Wildman–Crippen LogP) is 1.70. The Morgan fingerprint density at radius 3 is 2.58 bits per heavy atom. The molecule has 1 aliphatic rings. The van der Waals surface area contributed by atoms with Gasteiger partial charge in [-0.2, -0.15) is 0 Å². The molecular weight excluding hydrogens is 268 g/mol. The second-order valence-corrected chi connectivity index (χ2v) is 5.04. The Bertz CT molecular complexity index is 573. The zero-order valence-electron chi connectivity index (χ0n) is 10.6. The van der Waals surface area contributed by atoms with Gasteiger partial charge in [0, 0.05) is 10.6 Å². The lowest BCUT2D eigenvalue weighted by atomic mass is 9.92. The van der Waals surface area contributed by atoms with Crippen LogP contribution >= 0.6 is 11.6 Å². The minimum Gasteiger partial charge on any atom is -0.319 e. The maximum atomic E-state index is 12.4. The molecule has 100 valence electrons. The second kappa shape index (κ2) is 4.66. The molecule has 0 saturated carbocycles. The van der Waals surface area contributed by atoms with Crippen molar-refractivity contribution < 1.29 is 14.4 Å². The van der Waals surface area contributed by atoms with E-state index < -0.39 is 17.5 Å². The number of nitrogens with one attached hydrogen (secondary N) is 1. The molecule has 1 saturated heterocycles. The van der Waals surface area contributed by atoms with Crippen molar-refractivity contribution in [1.29, 1.82) is 0 Å². The fourth-order valence-electron chi connectivity index (χ4n) is 2.11. The molecule has 6 heteroatoms. The topological polar surface area (TPSA) is 66.5 Å². The molecule has 2 rings (SSSR count). The first-order valence-corrected chi connectivity index (χ1v) is 6.12. The molecule has 0 spiro atoms. The monoisotopic (exact) mass is 280 g/mol. The number of amides is 3. The summed E-state index contributed by atoms with van der Waals surface area (Å²) in [5.74, 6) is -0.729. The molecule has 0 unspecified atom stereocenters. The summed E-state index contributed by atoms with van der Waals surface area (Å²) in [6, 6.07) is 6.22. The van der Waals surface area contributed by atoms with E-state index in [1.807, 2.05) is 0 Å². The van der Waals surface area contributed by atoms with Crippen molar-refractivity contribution in [2.75, 3.05) is 6.54 Å². The first kappa shape index (κ1) is 13.5. The van der Waals surface area contributed by atoms with E-state index in [-0.39, 0.29) is 12.3 Å². The lowest BCUT2D eigenvalue weighted by molar-refractivity contribution is -0.133. The van der Waals surface area contributed by atoms with Crippen LogP contribution in [0.3, 0.4) is 0 Å². The second-order valence-electron chi connectivity index (χ2n) is 4.63. The van der Waals surface area contributed by atoms with Crippen LogP contribution in [0.4, 0.5) is 4.79 Å². The number of carbonyl (C=O) groups is 3. The van der Waals surface area contributed by atoms with Crippen molar-refractivity contribution in [3.05, 3.63) is 34.9 Å².